The van der Waals surface area contributed by atoms with Crippen molar-refractivity contribution in [2.75, 3.05) is 0 Å². The third kappa shape index (κ3) is 3.86. The number of halogens is 4. The highest BCUT2D eigenvalue weighted by molar-refractivity contribution is 5.85. The Morgan fingerprint density at radius 2 is 1.81 bits per heavy atom. The fourth-order valence-corrected chi connectivity index (χ4v) is 4.00. The molecule has 3 nitrogen and oxygen atoms in total. The van der Waals surface area contributed by atoms with Crippen molar-refractivity contribution in [1.29, 1.82) is 0 Å². The van der Waals surface area contributed by atoms with Crippen LogP contribution in [0.15, 0.2) is 12.1 Å². The van der Waals surface area contributed by atoms with Crippen LogP contribution >= 0.6 is 12.4 Å². The lowest BCUT2D eigenvalue weighted by molar-refractivity contribution is -0.184. The van der Waals surface area contributed by atoms with Gasteiger partial charge < -0.3 is 10.5 Å². The van der Waals surface area contributed by atoms with Crippen LogP contribution in [0.4, 0.5) is 13.2 Å². The average Bonchev–Trinajstić information content (AvgIpc) is 2.54. The van der Waals surface area contributed by atoms with E-state index in [-0.39, 0.29) is 42.1 Å². The van der Waals surface area contributed by atoms with Crippen LogP contribution in [0.2, 0.25) is 0 Å². The molecule has 1 saturated carbocycles. The Labute approximate surface area is 158 Å². The van der Waals surface area contributed by atoms with Crippen molar-refractivity contribution in [2.45, 2.75) is 58.6 Å². The molecule has 4 unspecified atom stereocenters. The summed E-state index contributed by atoms with van der Waals surface area (Å²) >= 11 is 0. The standard InChI is InChI=1S/C19H26F3NO2.ClH/c1-5-17(24)25-19(13-8-15(21)16(22)9-14(13)20)12(10(2)3)7-6-11(4)18(19)23;/h8-12,18H,5-7,23H2,1-4H3;1H. The predicted octanol–water partition coefficient (Wildman–Crippen LogP) is 4.70. The molecule has 148 valence electrons. The molecule has 0 saturated heterocycles. The number of carbonyl (C=O) groups excluding carboxylic acids is 1. The molecule has 0 spiro atoms. The summed E-state index contributed by atoms with van der Waals surface area (Å²) < 4.78 is 47.8. The first-order chi connectivity index (χ1) is 11.6. The van der Waals surface area contributed by atoms with E-state index in [1.807, 2.05) is 20.8 Å². The molecule has 1 fully saturated rings. The van der Waals surface area contributed by atoms with Crippen molar-refractivity contribution < 1.29 is 22.7 Å². The fourth-order valence-electron chi connectivity index (χ4n) is 4.00. The van der Waals surface area contributed by atoms with Crippen LogP contribution in [0.3, 0.4) is 0 Å². The van der Waals surface area contributed by atoms with Gasteiger partial charge in [-0.2, -0.15) is 0 Å². The molecule has 0 amide bonds. The van der Waals surface area contributed by atoms with E-state index in [9.17, 15) is 18.0 Å². The quantitative estimate of drug-likeness (QED) is 0.595. The van der Waals surface area contributed by atoms with Gasteiger partial charge in [-0.05, 0) is 30.7 Å². The molecule has 0 aromatic heterocycles. The first-order valence-electron chi connectivity index (χ1n) is 8.77. The van der Waals surface area contributed by atoms with E-state index in [0.717, 1.165) is 12.5 Å². The zero-order chi connectivity index (χ0) is 18.9. The van der Waals surface area contributed by atoms with Crippen molar-refractivity contribution >= 4 is 18.4 Å². The van der Waals surface area contributed by atoms with E-state index in [1.54, 1.807) is 6.92 Å². The van der Waals surface area contributed by atoms with E-state index >= 15 is 0 Å². The summed E-state index contributed by atoms with van der Waals surface area (Å²) in [5.41, 5.74) is 4.73. The molecule has 1 aliphatic carbocycles. The predicted molar refractivity (Wildman–Crippen MR) is 96.3 cm³/mol. The molecule has 0 bridgehead atoms. The van der Waals surface area contributed by atoms with Crippen LogP contribution in [-0.4, -0.2) is 12.0 Å². The molecule has 2 rings (SSSR count). The number of benzene rings is 1. The van der Waals surface area contributed by atoms with Gasteiger partial charge in [0.25, 0.3) is 0 Å². The smallest absolute Gasteiger partial charge is 0.306 e. The molecular formula is C19H27ClF3NO2. The van der Waals surface area contributed by atoms with Crippen LogP contribution in [0, 0.1) is 35.2 Å². The second-order valence-electron chi connectivity index (χ2n) is 7.30. The van der Waals surface area contributed by atoms with Crippen LogP contribution in [0.1, 0.15) is 52.5 Å². The van der Waals surface area contributed by atoms with Crippen LogP contribution in [0.25, 0.3) is 0 Å². The van der Waals surface area contributed by atoms with Gasteiger partial charge in [0.05, 0.1) is 6.04 Å². The van der Waals surface area contributed by atoms with E-state index in [0.29, 0.717) is 12.5 Å². The number of hydrogen-bond donors (Lipinski definition) is 1. The Hall–Kier alpha value is -1.27. The minimum atomic E-state index is -1.52. The summed E-state index contributed by atoms with van der Waals surface area (Å²) in [6.45, 7) is 7.38. The summed E-state index contributed by atoms with van der Waals surface area (Å²) in [6.07, 6.45) is 1.53. The molecule has 1 aromatic rings. The molecule has 4 atom stereocenters. The molecule has 0 aliphatic heterocycles. The Morgan fingerprint density at radius 1 is 1.23 bits per heavy atom. The molecule has 0 radical (unpaired) electrons. The van der Waals surface area contributed by atoms with Gasteiger partial charge in [0.1, 0.15) is 5.82 Å². The molecule has 0 heterocycles. The maximum atomic E-state index is 14.7. The fraction of sp³-hybridized carbons (Fsp3) is 0.632. The third-order valence-electron chi connectivity index (χ3n) is 5.40. The first kappa shape index (κ1) is 22.8. The lowest BCUT2D eigenvalue weighted by atomic mass is 9.61. The topological polar surface area (TPSA) is 52.3 Å². The third-order valence-corrected chi connectivity index (χ3v) is 5.40. The highest BCUT2D eigenvalue weighted by Crippen LogP contribution is 2.50. The summed E-state index contributed by atoms with van der Waals surface area (Å²) in [6, 6.07) is 0.569. The maximum absolute atomic E-state index is 14.7. The Kier molecular flexibility index (Phi) is 7.54. The minimum absolute atomic E-state index is 0. The molecule has 1 aliphatic rings. The number of hydrogen-bond acceptors (Lipinski definition) is 3. The van der Waals surface area contributed by atoms with Gasteiger partial charge in [-0.1, -0.05) is 27.7 Å². The lowest BCUT2D eigenvalue weighted by Gasteiger charge is -2.51. The van der Waals surface area contributed by atoms with Gasteiger partial charge in [0, 0.05) is 24.0 Å². The molecule has 26 heavy (non-hydrogen) atoms. The Morgan fingerprint density at radius 3 is 2.35 bits per heavy atom. The van der Waals surface area contributed by atoms with Gasteiger partial charge in [0.2, 0.25) is 0 Å². The van der Waals surface area contributed by atoms with Gasteiger partial charge in [-0.3, -0.25) is 4.79 Å². The van der Waals surface area contributed by atoms with Gasteiger partial charge >= 0.3 is 5.97 Å². The summed E-state index contributed by atoms with van der Waals surface area (Å²) in [5.74, 6) is -4.30. The number of rotatable bonds is 4. The second kappa shape index (κ2) is 8.61. The normalized spacial score (nSPS) is 28.6. The maximum Gasteiger partial charge on any atom is 0.306 e. The van der Waals surface area contributed by atoms with E-state index in [4.69, 9.17) is 10.5 Å². The van der Waals surface area contributed by atoms with E-state index < -0.39 is 35.1 Å². The van der Waals surface area contributed by atoms with Crippen LogP contribution < -0.4 is 5.73 Å². The highest BCUT2D eigenvalue weighted by atomic mass is 35.5. The SMILES string of the molecule is CCC(=O)OC1(c2cc(F)c(F)cc2F)C(N)C(C)CCC1C(C)C.Cl. The molecule has 2 N–H and O–H groups in total. The molecule has 7 heteroatoms. The van der Waals surface area contributed by atoms with Crippen molar-refractivity contribution in [3.05, 3.63) is 35.1 Å². The number of nitrogens with two attached hydrogens (primary N) is 1. The summed E-state index contributed by atoms with van der Waals surface area (Å²) in [7, 11) is 0. The zero-order valence-electron chi connectivity index (χ0n) is 15.5. The van der Waals surface area contributed by atoms with Crippen molar-refractivity contribution in [2.24, 2.45) is 23.5 Å². The summed E-state index contributed by atoms with van der Waals surface area (Å²) in [4.78, 5) is 12.2. The Bertz CT molecular complexity index is 656. The van der Waals surface area contributed by atoms with E-state index in [1.165, 1.54) is 0 Å². The van der Waals surface area contributed by atoms with Crippen molar-refractivity contribution in [3.63, 3.8) is 0 Å². The van der Waals surface area contributed by atoms with Crippen molar-refractivity contribution in [1.82, 2.24) is 0 Å². The lowest BCUT2D eigenvalue weighted by Crippen LogP contribution is -2.60. The second-order valence-corrected chi connectivity index (χ2v) is 7.30. The number of carbonyl (C=O) groups is 1. The summed E-state index contributed by atoms with van der Waals surface area (Å²) in [5, 5.41) is 0. The monoisotopic (exact) mass is 393 g/mol. The molecule has 1 aromatic carbocycles. The van der Waals surface area contributed by atoms with Crippen LogP contribution in [0.5, 0.6) is 0 Å². The van der Waals surface area contributed by atoms with Gasteiger partial charge in [-0.25, -0.2) is 13.2 Å². The molecular weight excluding hydrogens is 367 g/mol. The van der Waals surface area contributed by atoms with Gasteiger partial charge in [0.15, 0.2) is 17.2 Å². The van der Waals surface area contributed by atoms with Crippen LogP contribution in [-0.2, 0) is 15.1 Å². The average molecular weight is 394 g/mol. The minimum Gasteiger partial charge on any atom is -0.452 e. The van der Waals surface area contributed by atoms with E-state index in [2.05, 4.69) is 0 Å². The first-order valence-corrected chi connectivity index (χ1v) is 8.77. The van der Waals surface area contributed by atoms with Crippen molar-refractivity contribution in [3.8, 4) is 0 Å². The number of ether oxygens (including phenoxy) is 1. The zero-order valence-corrected chi connectivity index (χ0v) is 16.3. The number of esters is 1. The highest BCUT2D eigenvalue weighted by Gasteiger charge is 2.55. The largest absolute Gasteiger partial charge is 0.452 e. The van der Waals surface area contributed by atoms with Gasteiger partial charge in [-0.15, -0.1) is 12.4 Å². The Balaban J connectivity index is 0.00000338.